The average Bonchev–Trinajstić information content (AvgIpc) is 0.732. The van der Waals surface area contributed by atoms with Gasteiger partial charge in [-0.25, -0.2) is 0 Å². The number of hydrogen-bond acceptors (Lipinski definition) is 0. The molecule has 27 rings (SSSR count). The van der Waals surface area contributed by atoms with Gasteiger partial charge in [0.05, 0.1) is 0 Å². The molecule has 0 heterocycles. The molecule has 0 bridgehead atoms. The van der Waals surface area contributed by atoms with Crippen molar-refractivity contribution in [2.75, 3.05) is 0 Å². The van der Waals surface area contributed by atoms with Crippen LogP contribution in [0.4, 0.5) is 0 Å². The second-order valence-corrected chi connectivity index (χ2v) is 38.8. The van der Waals surface area contributed by atoms with Gasteiger partial charge < -0.3 is 0 Å². The van der Waals surface area contributed by atoms with Gasteiger partial charge in [0.2, 0.25) is 0 Å². The van der Waals surface area contributed by atoms with Crippen molar-refractivity contribution in [2.24, 2.45) is 0 Å². The van der Waals surface area contributed by atoms with Crippen LogP contribution in [0.25, 0.3) is 276 Å². The Bertz CT molecular complexity index is 9610. The Kier molecular flexibility index (Phi) is 23.6. The SMILES string of the molecule is c1ccc(-c2ccc(-c3cccc(-c4ccccc4-c4cccc(-c5cccc(-c6ccc7cc(-c8c9ccccc9c(-c9ccc(-c%10cccc%11ccccc%10%11)cc9)c9ccccc89)ccc7c6)c5)c4)c3)cc2)cc1.c1ccc(-c2cccc(-c3cccc(-c4ccc(-c5cccc(-c6cccc(-c7ccc(-c8c9ccccc9c(-c9cccc(-c%10ccc%11ccccc%11c%10)c9)c9ccccc89)cc7)c6)c5)cc4)c3)c2)cc1. The largest absolute Gasteiger partial charge is 0.0622 e. The van der Waals surface area contributed by atoms with Crippen molar-refractivity contribution < 1.29 is 0 Å². The van der Waals surface area contributed by atoms with Crippen molar-refractivity contribution in [3.05, 3.63) is 595 Å². The lowest BCUT2D eigenvalue weighted by Crippen LogP contribution is -1.91. The summed E-state index contributed by atoms with van der Waals surface area (Å²) in [5.74, 6) is 0. The molecule has 0 radical (unpaired) electrons. The molecule has 690 valence electrons. The van der Waals surface area contributed by atoms with Gasteiger partial charge in [0.1, 0.15) is 0 Å². The van der Waals surface area contributed by atoms with E-state index in [1.165, 1.54) is 276 Å². The molecule has 27 aromatic rings. The van der Waals surface area contributed by atoms with E-state index in [-0.39, 0.29) is 0 Å². The fourth-order valence-corrected chi connectivity index (χ4v) is 22.5. The van der Waals surface area contributed by atoms with Crippen molar-refractivity contribution in [3.63, 3.8) is 0 Å². The Morgan fingerprint density at radius 1 is 0.0676 bits per heavy atom. The van der Waals surface area contributed by atoms with Gasteiger partial charge in [-0.1, -0.05) is 528 Å². The number of hydrogen-bond donors (Lipinski definition) is 0. The quantitative estimate of drug-likeness (QED) is 0.0751. The summed E-state index contributed by atoms with van der Waals surface area (Å²) >= 11 is 0. The molecule has 0 amide bonds. The van der Waals surface area contributed by atoms with Crippen molar-refractivity contribution in [2.45, 2.75) is 0 Å². The summed E-state index contributed by atoms with van der Waals surface area (Å²) in [6.45, 7) is 0. The molecule has 0 saturated heterocycles. The van der Waals surface area contributed by atoms with Gasteiger partial charge in [-0.15, -0.1) is 0 Å². The highest BCUT2D eigenvalue weighted by Gasteiger charge is 2.23. The summed E-state index contributed by atoms with van der Waals surface area (Å²) in [5, 5.41) is 17.5. The third-order valence-electron chi connectivity index (χ3n) is 29.9. The van der Waals surface area contributed by atoms with E-state index in [1.807, 2.05) is 0 Å². The van der Waals surface area contributed by atoms with Crippen LogP contribution in [0.15, 0.2) is 595 Å². The highest BCUT2D eigenvalue weighted by Crippen LogP contribution is 2.50. The molecule has 0 saturated carbocycles. The normalized spacial score (nSPS) is 11.4. The second-order valence-electron chi connectivity index (χ2n) is 38.8. The summed E-state index contributed by atoms with van der Waals surface area (Å²) < 4.78 is 0. The Hall–Kier alpha value is -19.2. The van der Waals surface area contributed by atoms with E-state index >= 15 is 0 Å². The van der Waals surface area contributed by atoms with Gasteiger partial charge in [-0.2, -0.15) is 0 Å². The maximum absolute atomic E-state index is 2.38. The maximum atomic E-state index is 2.38. The molecule has 0 aliphatic carbocycles. The molecule has 0 aliphatic heterocycles. The summed E-state index contributed by atoms with van der Waals surface area (Å²) in [6.07, 6.45) is 0. The maximum Gasteiger partial charge on any atom is -0.00262 e. The zero-order valence-electron chi connectivity index (χ0n) is 81.6. The standard InChI is InChI=1S/C76H50.C72H48/c1-2-16-51(17-3-1)52-34-36-53(37-35-52)57-20-13-24-64(48-57)69-27-6-7-28-70(69)65-25-14-23-60(49-65)58-21-12-22-59(46-58)61-42-43-63-50-66(45-44-62(63)47-61)76-73-31-10-8-29-71(73)75(72-30-9-11-32-74(72)76)56-40-38-55(39-41-56)68-33-15-19-54-18-4-5-26-67(54)68;1-2-15-49(16-3-1)56-19-10-23-60(43-56)61-24-11-20-57(44-61)51-33-35-52(36-34-51)58-21-12-25-62(45-58)63-26-13-22-59(46-63)53-37-40-54(41-38-53)71-67-29-6-8-31-69(67)72(70-32-9-7-30-68(70)71)66-28-14-27-64(48-66)65-42-39-50-17-4-5-18-55(50)47-65/h1-50H;1-48H. The van der Waals surface area contributed by atoms with E-state index < -0.39 is 0 Å². The van der Waals surface area contributed by atoms with E-state index in [1.54, 1.807) is 0 Å². The van der Waals surface area contributed by atoms with Crippen LogP contribution in [-0.4, -0.2) is 0 Å². The fourth-order valence-electron chi connectivity index (χ4n) is 22.5. The zero-order valence-corrected chi connectivity index (χ0v) is 81.6. The molecule has 0 spiro atoms. The van der Waals surface area contributed by atoms with E-state index in [9.17, 15) is 0 Å². The van der Waals surface area contributed by atoms with Gasteiger partial charge in [-0.3, -0.25) is 0 Å². The van der Waals surface area contributed by atoms with Crippen LogP contribution >= 0.6 is 0 Å². The van der Waals surface area contributed by atoms with E-state index in [4.69, 9.17) is 0 Å². The molecular weight excluding hydrogens is 1780 g/mol. The summed E-state index contributed by atoms with van der Waals surface area (Å²) in [6, 6.07) is 218. The first-order chi connectivity index (χ1) is 73.3. The zero-order chi connectivity index (χ0) is 98.2. The topological polar surface area (TPSA) is 0 Å². The van der Waals surface area contributed by atoms with Gasteiger partial charge in [0.25, 0.3) is 0 Å². The van der Waals surface area contributed by atoms with Crippen molar-refractivity contribution >= 4 is 75.4 Å². The van der Waals surface area contributed by atoms with Crippen LogP contribution in [-0.2, 0) is 0 Å². The van der Waals surface area contributed by atoms with Gasteiger partial charge in [0.15, 0.2) is 0 Å². The lowest BCUT2D eigenvalue weighted by Gasteiger charge is -2.18. The molecule has 0 nitrogen and oxygen atoms in total. The lowest BCUT2D eigenvalue weighted by molar-refractivity contribution is 1.55. The van der Waals surface area contributed by atoms with Crippen LogP contribution in [0.2, 0.25) is 0 Å². The number of fused-ring (bicyclic) bond motifs is 7. The van der Waals surface area contributed by atoms with Crippen LogP contribution in [0, 0.1) is 0 Å². The van der Waals surface area contributed by atoms with Crippen LogP contribution < -0.4 is 0 Å². The fraction of sp³-hybridized carbons (Fsp3) is 0. The third-order valence-corrected chi connectivity index (χ3v) is 29.9. The van der Waals surface area contributed by atoms with E-state index in [0.29, 0.717) is 0 Å². The van der Waals surface area contributed by atoms with Gasteiger partial charge in [0, 0.05) is 0 Å². The number of rotatable bonds is 18. The predicted molar refractivity (Wildman–Crippen MR) is 633 cm³/mol. The van der Waals surface area contributed by atoms with Crippen LogP contribution in [0.3, 0.4) is 0 Å². The summed E-state index contributed by atoms with van der Waals surface area (Å²) in [7, 11) is 0. The smallest absolute Gasteiger partial charge is 0.00262 e. The molecule has 0 aliphatic rings. The van der Waals surface area contributed by atoms with Crippen molar-refractivity contribution in [3.8, 4) is 200 Å². The van der Waals surface area contributed by atoms with Gasteiger partial charge >= 0.3 is 0 Å². The molecule has 0 aromatic heterocycles. The minimum atomic E-state index is 1.19. The minimum Gasteiger partial charge on any atom is -0.0622 e. The highest BCUT2D eigenvalue weighted by molar-refractivity contribution is 6.24. The Labute approximate surface area is 863 Å². The first-order valence-corrected chi connectivity index (χ1v) is 51.2. The molecule has 0 N–H and O–H groups in total. The van der Waals surface area contributed by atoms with Crippen LogP contribution in [0.5, 0.6) is 0 Å². The molecule has 0 atom stereocenters. The Morgan fingerprint density at radius 3 is 0.595 bits per heavy atom. The molecule has 0 fully saturated rings. The van der Waals surface area contributed by atoms with Gasteiger partial charge in [-0.05, 0) is 342 Å². The molecular formula is C148H98. The van der Waals surface area contributed by atoms with E-state index in [0.717, 1.165) is 0 Å². The molecule has 148 heavy (non-hydrogen) atoms. The summed E-state index contributed by atoms with van der Waals surface area (Å²) in [5.41, 5.74) is 43.8. The summed E-state index contributed by atoms with van der Waals surface area (Å²) in [4.78, 5) is 0. The second kappa shape index (κ2) is 39.2. The monoisotopic (exact) mass is 1870 g/mol. The average molecular weight is 1880 g/mol. The molecule has 0 unspecified atom stereocenters. The molecule has 0 heteroatoms. The Balaban J connectivity index is 0.000000150. The highest BCUT2D eigenvalue weighted by atomic mass is 14.3. The predicted octanol–water partition coefficient (Wildman–Crippen LogP) is 41.5. The lowest BCUT2D eigenvalue weighted by atomic mass is 9.85. The first kappa shape index (κ1) is 88.9. The molecule has 27 aromatic carbocycles. The number of benzene rings is 27. The minimum absolute atomic E-state index is 1.19. The third kappa shape index (κ3) is 17.5. The van der Waals surface area contributed by atoms with Crippen molar-refractivity contribution in [1.82, 2.24) is 0 Å². The van der Waals surface area contributed by atoms with Crippen LogP contribution in [0.1, 0.15) is 0 Å². The van der Waals surface area contributed by atoms with Crippen molar-refractivity contribution in [1.29, 1.82) is 0 Å². The van der Waals surface area contributed by atoms with E-state index in [2.05, 4.69) is 595 Å². The Morgan fingerprint density at radius 2 is 0.236 bits per heavy atom. The first-order valence-electron chi connectivity index (χ1n) is 51.2.